The molecular formula is C12H20N4O2S. The minimum atomic E-state index is -0.270. The Kier molecular flexibility index (Phi) is 3.79. The molecule has 0 aromatic carbocycles. The van der Waals surface area contributed by atoms with E-state index in [0.717, 1.165) is 29.6 Å². The molecule has 1 spiro atoms. The van der Waals surface area contributed by atoms with Crippen LogP contribution >= 0.6 is 11.8 Å². The van der Waals surface area contributed by atoms with Crippen LogP contribution < -0.4 is 5.73 Å². The largest absolute Gasteiger partial charge is 0.347 e. The van der Waals surface area contributed by atoms with Gasteiger partial charge in [0.2, 0.25) is 0 Å². The van der Waals surface area contributed by atoms with Gasteiger partial charge in [0.15, 0.2) is 10.9 Å². The number of rotatable bonds is 4. The summed E-state index contributed by atoms with van der Waals surface area (Å²) in [6.45, 7) is 1.10. The highest BCUT2D eigenvalue weighted by atomic mass is 32.2. The highest BCUT2D eigenvalue weighted by molar-refractivity contribution is 7.99. The van der Waals surface area contributed by atoms with Gasteiger partial charge in [-0.15, -0.1) is 10.2 Å². The van der Waals surface area contributed by atoms with Crippen molar-refractivity contribution in [1.82, 2.24) is 14.8 Å². The summed E-state index contributed by atoms with van der Waals surface area (Å²) in [5, 5.41) is 9.07. The van der Waals surface area contributed by atoms with Gasteiger partial charge in [-0.25, -0.2) is 0 Å². The fourth-order valence-electron chi connectivity index (χ4n) is 2.69. The molecule has 0 radical (unpaired) electrons. The average Bonchev–Trinajstić information content (AvgIpc) is 3.11. The molecule has 0 bridgehead atoms. The first-order chi connectivity index (χ1) is 9.22. The Labute approximate surface area is 117 Å². The molecule has 1 unspecified atom stereocenters. The lowest BCUT2D eigenvalue weighted by atomic mass is 10.2. The molecule has 1 aliphatic carbocycles. The third-order valence-corrected chi connectivity index (χ3v) is 4.94. The summed E-state index contributed by atoms with van der Waals surface area (Å²) in [5.74, 6) is 1.38. The first-order valence-corrected chi connectivity index (χ1v) is 7.74. The Morgan fingerprint density at radius 3 is 2.89 bits per heavy atom. The maximum absolute atomic E-state index is 6.08. The van der Waals surface area contributed by atoms with Crippen LogP contribution in [-0.2, 0) is 23.1 Å². The monoisotopic (exact) mass is 284 g/mol. The SMILES string of the molecule is Cn1c(CN)nnc1SCC1COC2(CCCC2)O1. The predicted octanol–water partition coefficient (Wildman–Crippen LogP) is 1.05. The molecule has 2 heterocycles. The summed E-state index contributed by atoms with van der Waals surface area (Å²) in [6, 6.07) is 0. The van der Waals surface area contributed by atoms with Crippen LogP contribution in [0.25, 0.3) is 0 Å². The van der Waals surface area contributed by atoms with E-state index in [1.807, 2.05) is 11.6 Å². The second-order valence-corrected chi connectivity index (χ2v) is 6.13. The second-order valence-electron chi connectivity index (χ2n) is 5.14. The van der Waals surface area contributed by atoms with E-state index >= 15 is 0 Å². The number of ether oxygens (including phenoxy) is 2. The lowest BCUT2D eigenvalue weighted by Crippen LogP contribution is -2.27. The molecule has 19 heavy (non-hydrogen) atoms. The van der Waals surface area contributed by atoms with Crippen LogP contribution in [0.2, 0.25) is 0 Å². The zero-order chi connectivity index (χ0) is 13.3. The van der Waals surface area contributed by atoms with Gasteiger partial charge >= 0.3 is 0 Å². The molecule has 2 N–H and O–H groups in total. The van der Waals surface area contributed by atoms with Gasteiger partial charge in [-0.05, 0) is 12.8 Å². The molecular weight excluding hydrogens is 264 g/mol. The Morgan fingerprint density at radius 1 is 1.42 bits per heavy atom. The molecule has 1 aromatic heterocycles. The van der Waals surface area contributed by atoms with Gasteiger partial charge in [0.1, 0.15) is 5.82 Å². The smallest absolute Gasteiger partial charge is 0.191 e. The van der Waals surface area contributed by atoms with E-state index in [1.54, 1.807) is 11.8 Å². The van der Waals surface area contributed by atoms with Crippen molar-refractivity contribution in [3.05, 3.63) is 5.82 Å². The van der Waals surface area contributed by atoms with Crippen molar-refractivity contribution in [3.63, 3.8) is 0 Å². The molecule has 1 atom stereocenters. The Hall–Kier alpha value is -0.630. The molecule has 6 nitrogen and oxygen atoms in total. The summed E-state index contributed by atoms with van der Waals surface area (Å²) >= 11 is 1.65. The van der Waals surface area contributed by atoms with Crippen molar-refractivity contribution in [2.45, 2.75) is 49.3 Å². The van der Waals surface area contributed by atoms with Crippen LogP contribution in [0.1, 0.15) is 31.5 Å². The van der Waals surface area contributed by atoms with E-state index < -0.39 is 0 Å². The van der Waals surface area contributed by atoms with E-state index in [1.165, 1.54) is 12.8 Å². The summed E-state index contributed by atoms with van der Waals surface area (Å²) in [4.78, 5) is 0. The summed E-state index contributed by atoms with van der Waals surface area (Å²) in [7, 11) is 1.94. The first-order valence-electron chi connectivity index (χ1n) is 6.75. The molecule has 1 saturated heterocycles. The van der Waals surface area contributed by atoms with Crippen LogP contribution in [0.4, 0.5) is 0 Å². The maximum atomic E-state index is 6.08. The van der Waals surface area contributed by atoms with E-state index in [0.29, 0.717) is 13.2 Å². The fraction of sp³-hybridized carbons (Fsp3) is 0.833. The summed E-state index contributed by atoms with van der Waals surface area (Å²) in [6.07, 6.45) is 4.65. The number of nitrogens with zero attached hydrogens (tertiary/aromatic N) is 3. The maximum Gasteiger partial charge on any atom is 0.191 e. The van der Waals surface area contributed by atoms with Crippen LogP contribution in [-0.4, -0.2) is 39.0 Å². The lowest BCUT2D eigenvalue weighted by Gasteiger charge is -2.21. The van der Waals surface area contributed by atoms with Gasteiger partial charge in [-0.3, -0.25) is 0 Å². The van der Waals surface area contributed by atoms with Crippen molar-refractivity contribution in [3.8, 4) is 0 Å². The zero-order valence-corrected chi connectivity index (χ0v) is 12.0. The van der Waals surface area contributed by atoms with Crippen molar-refractivity contribution >= 4 is 11.8 Å². The zero-order valence-electron chi connectivity index (χ0n) is 11.2. The van der Waals surface area contributed by atoms with E-state index in [2.05, 4.69) is 10.2 Å². The standard InChI is InChI=1S/C12H20N4O2S/c1-16-10(6-13)14-15-11(16)19-8-9-7-17-12(18-9)4-2-3-5-12/h9H,2-8,13H2,1H3. The highest BCUT2D eigenvalue weighted by Crippen LogP contribution is 2.40. The number of hydrogen-bond donors (Lipinski definition) is 1. The van der Waals surface area contributed by atoms with E-state index in [9.17, 15) is 0 Å². The van der Waals surface area contributed by atoms with Gasteiger partial charge in [-0.1, -0.05) is 11.8 Å². The molecule has 1 aliphatic heterocycles. The third-order valence-electron chi connectivity index (χ3n) is 3.79. The van der Waals surface area contributed by atoms with E-state index in [-0.39, 0.29) is 11.9 Å². The van der Waals surface area contributed by atoms with Crippen LogP contribution in [0.5, 0.6) is 0 Å². The Balaban J connectivity index is 1.54. The second kappa shape index (κ2) is 5.40. The molecule has 2 aliphatic rings. The van der Waals surface area contributed by atoms with Gasteiger partial charge < -0.3 is 19.8 Å². The number of thioether (sulfide) groups is 1. The lowest BCUT2D eigenvalue weighted by molar-refractivity contribution is -0.159. The molecule has 0 amide bonds. The first kappa shape index (κ1) is 13.4. The molecule has 1 saturated carbocycles. The highest BCUT2D eigenvalue weighted by Gasteiger charge is 2.43. The van der Waals surface area contributed by atoms with Gasteiger partial charge in [-0.2, -0.15) is 0 Å². The van der Waals surface area contributed by atoms with Gasteiger partial charge in [0, 0.05) is 25.6 Å². The molecule has 7 heteroatoms. The molecule has 3 rings (SSSR count). The van der Waals surface area contributed by atoms with Gasteiger partial charge in [0.25, 0.3) is 0 Å². The Bertz CT molecular complexity index is 445. The summed E-state index contributed by atoms with van der Waals surface area (Å²) < 4.78 is 13.9. The minimum absolute atomic E-state index is 0.154. The number of hydrogen-bond acceptors (Lipinski definition) is 6. The third kappa shape index (κ3) is 2.65. The Morgan fingerprint density at radius 2 is 2.21 bits per heavy atom. The van der Waals surface area contributed by atoms with Crippen molar-refractivity contribution < 1.29 is 9.47 Å². The van der Waals surface area contributed by atoms with Crippen LogP contribution in [0, 0.1) is 0 Å². The van der Waals surface area contributed by atoms with Crippen LogP contribution in [0.15, 0.2) is 5.16 Å². The van der Waals surface area contributed by atoms with E-state index in [4.69, 9.17) is 15.2 Å². The quantitative estimate of drug-likeness (QED) is 0.833. The van der Waals surface area contributed by atoms with Crippen molar-refractivity contribution in [1.29, 1.82) is 0 Å². The summed E-state index contributed by atoms with van der Waals surface area (Å²) in [5.41, 5.74) is 5.58. The fourth-order valence-corrected chi connectivity index (χ4v) is 3.59. The topological polar surface area (TPSA) is 75.2 Å². The number of nitrogens with two attached hydrogens (primary N) is 1. The van der Waals surface area contributed by atoms with Crippen molar-refractivity contribution in [2.24, 2.45) is 12.8 Å². The molecule has 106 valence electrons. The predicted molar refractivity (Wildman–Crippen MR) is 71.6 cm³/mol. The molecule has 2 fully saturated rings. The van der Waals surface area contributed by atoms with Gasteiger partial charge in [0.05, 0.1) is 19.3 Å². The minimum Gasteiger partial charge on any atom is -0.347 e. The van der Waals surface area contributed by atoms with Crippen LogP contribution in [0.3, 0.4) is 0 Å². The number of aromatic nitrogens is 3. The normalized spacial score (nSPS) is 25.5. The molecule has 1 aromatic rings. The van der Waals surface area contributed by atoms with Crippen molar-refractivity contribution in [2.75, 3.05) is 12.4 Å². The average molecular weight is 284 g/mol.